The fourth-order valence-corrected chi connectivity index (χ4v) is 10.3. The van der Waals surface area contributed by atoms with E-state index in [1.165, 1.54) is 31.3 Å². The topological polar surface area (TPSA) is 54.4 Å². The minimum atomic E-state index is -3.24. The summed E-state index contributed by atoms with van der Waals surface area (Å²) in [6.07, 6.45) is 11.5. The van der Waals surface area contributed by atoms with Gasteiger partial charge in [0.05, 0.1) is 16.2 Å². The van der Waals surface area contributed by atoms with Gasteiger partial charge in [-0.05, 0) is 111 Å². The third-order valence-electron chi connectivity index (χ3n) is 10.1. The standard InChI is InChI=1S/C28H40O3S/c1-19(18-32(30,31)21-7-5-4-6-8-21)25-11-12-26-24-10-9-20-17-27(2,29)15-13-22(20)23(24)14-16-28(25,26)3/h4-9,19,22-26,29H,10-18H2,1-3H3/t19-,22+,23-,24-,25-,26+,27+,28-/m1/s1. The lowest BCUT2D eigenvalue weighted by atomic mass is 9.50. The van der Waals surface area contributed by atoms with Crippen LogP contribution >= 0.6 is 0 Å². The van der Waals surface area contributed by atoms with Gasteiger partial charge in [-0.1, -0.05) is 43.7 Å². The Morgan fingerprint density at radius 3 is 2.53 bits per heavy atom. The smallest absolute Gasteiger partial charge is 0.178 e. The van der Waals surface area contributed by atoms with E-state index in [2.05, 4.69) is 19.9 Å². The van der Waals surface area contributed by atoms with Crippen molar-refractivity contribution in [1.82, 2.24) is 0 Å². The van der Waals surface area contributed by atoms with E-state index in [4.69, 9.17) is 0 Å². The van der Waals surface area contributed by atoms with Crippen LogP contribution in [0.2, 0.25) is 0 Å². The number of allylic oxidation sites excluding steroid dienone is 1. The quantitative estimate of drug-likeness (QED) is 0.562. The number of sulfone groups is 1. The average Bonchev–Trinajstić information content (AvgIpc) is 3.10. The molecule has 3 fully saturated rings. The van der Waals surface area contributed by atoms with Gasteiger partial charge in [0.25, 0.3) is 0 Å². The maximum Gasteiger partial charge on any atom is 0.178 e. The number of hydrogen-bond acceptors (Lipinski definition) is 3. The van der Waals surface area contributed by atoms with Gasteiger partial charge in [0.2, 0.25) is 0 Å². The Kier molecular flexibility index (Phi) is 5.65. The summed E-state index contributed by atoms with van der Waals surface area (Å²) < 4.78 is 26.1. The Hall–Kier alpha value is -1.13. The van der Waals surface area contributed by atoms with E-state index in [9.17, 15) is 13.5 Å². The van der Waals surface area contributed by atoms with Crippen LogP contribution in [0.4, 0.5) is 0 Å². The zero-order chi connectivity index (χ0) is 22.7. The fourth-order valence-electron chi connectivity index (χ4n) is 8.63. The summed E-state index contributed by atoms with van der Waals surface area (Å²) in [5, 5.41) is 10.6. The normalized spacial score (nSPS) is 42.4. The lowest BCUT2D eigenvalue weighted by molar-refractivity contribution is -0.0387. The van der Waals surface area contributed by atoms with E-state index in [1.807, 2.05) is 25.1 Å². The van der Waals surface area contributed by atoms with Crippen LogP contribution in [-0.4, -0.2) is 24.9 Å². The molecule has 32 heavy (non-hydrogen) atoms. The molecule has 8 atom stereocenters. The van der Waals surface area contributed by atoms with Gasteiger partial charge in [-0.3, -0.25) is 0 Å². The number of benzene rings is 1. The number of hydrogen-bond donors (Lipinski definition) is 1. The molecule has 176 valence electrons. The first kappa shape index (κ1) is 22.7. The van der Waals surface area contributed by atoms with Crippen LogP contribution in [0.15, 0.2) is 46.9 Å². The summed E-state index contributed by atoms with van der Waals surface area (Å²) in [5.41, 5.74) is 1.28. The van der Waals surface area contributed by atoms with Crippen LogP contribution in [0.25, 0.3) is 0 Å². The van der Waals surface area contributed by atoms with Crippen LogP contribution < -0.4 is 0 Å². The molecule has 0 spiro atoms. The van der Waals surface area contributed by atoms with Crippen molar-refractivity contribution in [2.45, 2.75) is 82.6 Å². The molecule has 3 nitrogen and oxygen atoms in total. The van der Waals surface area contributed by atoms with Gasteiger partial charge in [0.15, 0.2) is 9.84 Å². The van der Waals surface area contributed by atoms with E-state index in [0.717, 1.165) is 37.5 Å². The second-order valence-corrected chi connectivity index (χ2v) is 14.1. The molecule has 0 unspecified atom stereocenters. The molecule has 0 bridgehead atoms. The number of rotatable bonds is 4. The highest BCUT2D eigenvalue weighted by atomic mass is 32.2. The van der Waals surface area contributed by atoms with Gasteiger partial charge in [0, 0.05) is 0 Å². The second-order valence-electron chi connectivity index (χ2n) is 12.1. The Bertz CT molecular complexity index is 979. The van der Waals surface area contributed by atoms with Crippen molar-refractivity contribution in [2.75, 3.05) is 5.75 Å². The minimum Gasteiger partial charge on any atom is -0.390 e. The van der Waals surface area contributed by atoms with E-state index in [1.54, 1.807) is 12.1 Å². The molecule has 0 radical (unpaired) electrons. The van der Waals surface area contributed by atoms with Crippen molar-refractivity contribution >= 4 is 9.84 Å². The summed E-state index contributed by atoms with van der Waals surface area (Å²) in [7, 11) is -3.24. The van der Waals surface area contributed by atoms with E-state index in [0.29, 0.717) is 22.6 Å². The third-order valence-corrected chi connectivity index (χ3v) is 12.0. The molecule has 0 aliphatic heterocycles. The van der Waals surface area contributed by atoms with Crippen LogP contribution in [0.1, 0.15) is 72.1 Å². The Balaban J connectivity index is 1.33. The maximum absolute atomic E-state index is 13.1. The molecule has 1 aromatic carbocycles. The molecule has 0 aromatic heterocycles. The van der Waals surface area contributed by atoms with Crippen LogP contribution in [0.5, 0.6) is 0 Å². The number of fused-ring (bicyclic) bond motifs is 5. The Morgan fingerprint density at radius 1 is 1.03 bits per heavy atom. The molecule has 3 saturated carbocycles. The molecule has 4 aliphatic rings. The second kappa shape index (κ2) is 7.98. The average molecular weight is 457 g/mol. The molecule has 0 amide bonds. The predicted octanol–water partition coefficient (Wildman–Crippen LogP) is 6.04. The Labute approximate surface area is 194 Å². The van der Waals surface area contributed by atoms with Gasteiger partial charge in [0.1, 0.15) is 0 Å². The largest absolute Gasteiger partial charge is 0.390 e. The SMILES string of the molecule is C[C@H](CS(=O)(=O)c1ccccc1)[C@H]1CC[C@H]2[C@@H]3CC=C4C[C@@](C)(O)CC[C@@H]4[C@H]3CC[C@]12C. The summed E-state index contributed by atoms with van der Waals surface area (Å²) in [6, 6.07) is 8.99. The fraction of sp³-hybridized carbons (Fsp3) is 0.714. The predicted molar refractivity (Wildman–Crippen MR) is 129 cm³/mol. The molecule has 0 heterocycles. The lowest BCUT2D eigenvalue weighted by Crippen LogP contribution is -2.48. The van der Waals surface area contributed by atoms with Crippen molar-refractivity contribution in [3.63, 3.8) is 0 Å². The van der Waals surface area contributed by atoms with Crippen molar-refractivity contribution < 1.29 is 13.5 Å². The van der Waals surface area contributed by atoms with Crippen molar-refractivity contribution in [2.24, 2.45) is 40.9 Å². The maximum atomic E-state index is 13.1. The summed E-state index contributed by atoms with van der Waals surface area (Å²) in [6.45, 7) is 6.68. The highest BCUT2D eigenvalue weighted by Gasteiger charge is 2.57. The summed E-state index contributed by atoms with van der Waals surface area (Å²) in [4.78, 5) is 0.466. The lowest BCUT2D eigenvalue weighted by Gasteiger charge is -2.55. The zero-order valence-electron chi connectivity index (χ0n) is 20.0. The first-order valence-electron chi connectivity index (χ1n) is 12.8. The van der Waals surface area contributed by atoms with Crippen molar-refractivity contribution in [3.05, 3.63) is 42.0 Å². The Morgan fingerprint density at radius 2 is 1.78 bits per heavy atom. The van der Waals surface area contributed by atoms with Gasteiger partial charge >= 0.3 is 0 Å². The van der Waals surface area contributed by atoms with Crippen molar-refractivity contribution in [3.8, 4) is 0 Å². The monoisotopic (exact) mass is 456 g/mol. The minimum absolute atomic E-state index is 0.186. The van der Waals surface area contributed by atoms with Crippen LogP contribution in [-0.2, 0) is 9.84 Å². The molecule has 0 saturated heterocycles. The molecule has 5 rings (SSSR count). The van der Waals surface area contributed by atoms with Crippen LogP contribution in [0.3, 0.4) is 0 Å². The number of aliphatic hydroxyl groups is 1. The van der Waals surface area contributed by atoms with Gasteiger partial charge < -0.3 is 5.11 Å². The highest BCUT2D eigenvalue weighted by molar-refractivity contribution is 7.91. The first-order chi connectivity index (χ1) is 15.1. The molecule has 1 N–H and O–H groups in total. The molecule has 4 heteroatoms. The van der Waals surface area contributed by atoms with E-state index in [-0.39, 0.29) is 17.1 Å². The summed E-state index contributed by atoms with van der Waals surface area (Å²) >= 11 is 0. The van der Waals surface area contributed by atoms with E-state index >= 15 is 0 Å². The zero-order valence-corrected chi connectivity index (χ0v) is 20.8. The van der Waals surface area contributed by atoms with Crippen molar-refractivity contribution in [1.29, 1.82) is 0 Å². The molecular formula is C28H40O3S. The van der Waals surface area contributed by atoms with E-state index < -0.39 is 15.4 Å². The summed E-state index contributed by atoms with van der Waals surface area (Å²) in [5.74, 6) is 3.84. The van der Waals surface area contributed by atoms with Gasteiger partial charge in [-0.25, -0.2) is 8.42 Å². The van der Waals surface area contributed by atoms with Crippen LogP contribution in [0, 0.1) is 40.9 Å². The molecule has 1 aromatic rings. The van der Waals surface area contributed by atoms with Gasteiger partial charge in [-0.15, -0.1) is 0 Å². The first-order valence-corrected chi connectivity index (χ1v) is 14.5. The van der Waals surface area contributed by atoms with Gasteiger partial charge in [-0.2, -0.15) is 0 Å². The highest BCUT2D eigenvalue weighted by Crippen LogP contribution is 2.64. The third kappa shape index (κ3) is 3.79. The molecular weight excluding hydrogens is 416 g/mol. The molecule has 4 aliphatic carbocycles.